The number of aryl methyl sites for hydroxylation is 2. The van der Waals surface area contributed by atoms with Gasteiger partial charge in [0.15, 0.2) is 0 Å². The molecule has 4 aromatic rings. The van der Waals surface area contributed by atoms with Crippen molar-refractivity contribution in [1.29, 1.82) is 0 Å². The zero-order valence-electron chi connectivity index (χ0n) is 21.0. The van der Waals surface area contributed by atoms with E-state index in [1.165, 1.54) is 0 Å². The van der Waals surface area contributed by atoms with E-state index >= 15 is 0 Å². The van der Waals surface area contributed by atoms with Gasteiger partial charge in [-0.25, -0.2) is 9.59 Å². The van der Waals surface area contributed by atoms with Gasteiger partial charge in [-0.15, -0.1) is 0 Å². The number of aromatic carboxylic acids is 2. The lowest BCUT2D eigenvalue weighted by Crippen LogP contribution is -2.14. The number of nitrogens with one attached hydrogen (secondary N) is 1. The third-order valence-electron chi connectivity index (χ3n) is 6.44. The molecule has 6 nitrogen and oxygen atoms in total. The van der Waals surface area contributed by atoms with E-state index in [9.17, 15) is 19.8 Å². The number of H-pyrrole nitrogens is 1. The van der Waals surface area contributed by atoms with E-state index in [2.05, 4.69) is 31.8 Å². The first-order valence-corrected chi connectivity index (χ1v) is 12.0. The number of hydrogen-bond acceptors (Lipinski definition) is 3. The molecule has 3 aromatic carbocycles. The molecule has 36 heavy (non-hydrogen) atoms. The predicted molar refractivity (Wildman–Crippen MR) is 141 cm³/mol. The van der Waals surface area contributed by atoms with E-state index in [1.807, 2.05) is 43.3 Å². The van der Waals surface area contributed by atoms with Crippen molar-refractivity contribution in [1.82, 2.24) is 4.98 Å². The topological polar surface area (TPSA) is 99.6 Å². The maximum Gasteiger partial charge on any atom is 0.352 e. The average molecular weight is 486 g/mol. The number of benzene rings is 3. The summed E-state index contributed by atoms with van der Waals surface area (Å²) in [5, 5.41) is 20.1. The Morgan fingerprint density at radius 2 is 1.67 bits per heavy atom. The van der Waals surface area contributed by atoms with Crippen molar-refractivity contribution in [3.63, 3.8) is 0 Å². The van der Waals surface area contributed by atoms with Crippen LogP contribution in [-0.2, 0) is 11.8 Å². The number of rotatable bonds is 8. The first-order chi connectivity index (χ1) is 17.1. The summed E-state index contributed by atoms with van der Waals surface area (Å²) in [4.78, 5) is 26.6. The number of carboxylic acid groups (broad SMARTS) is 2. The number of hydrogen-bond donors (Lipinski definition) is 3. The molecule has 4 rings (SSSR count). The van der Waals surface area contributed by atoms with E-state index in [1.54, 1.807) is 18.2 Å². The lowest BCUT2D eigenvalue weighted by atomic mass is 9.86. The Balaban J connectivity index is 1.62. The molecule has 0 saturated carbocycles. The molecule has 0 spiro atoms. The predicted octanol–water partition coefficient (Wildman–Crippen LogP) is 6.85. The van der Waals surface area contributed by atoms with Crippen LogP contribution in [0.15, 0.2) is 60.7 Å². The molecule has 0 amide bonds. The second kappa shape index (κ2) is 9.90. The summed E-state index contributed by atoms with van der Waals surface area (Å²) in [5.41, 5.74) is 5.47. The Labute approximate surface area is 210 Å². The van der Waals surface area contributed by atoms with E-state index in [-0.39, 0.29) is 16.7 Å². The molecule has 6 heteroatoms. The van der Waals surface area contributed by atoms with Crippen molar-refractivity contribution in [2.45, 2.75) is 46.0 Å². The van der Waals surface area contributed by atoms with Gasteiger partial charge in [0.25, 0.3) is 0 Å². The van der Waals surface area contributed by atoms with Crippen LogP contribution in [0, 0.1) is 6.92 Å². The van der Waals surface area contributed by atoms with Crippen LogP contribution in [0.1, 0.15) is 64.7 Å². The lowest BCUT2D eigenvalue weighted by molar-refractivity contribution is 0.0682. The molecule has 0 bridgehead atoms. The van der Waals surface area contributed by atoms with Gasteiger partial charge in [0.1, 0.15) is 11.4 Å². The standard InChI is InChI=1S/C30H31NO5/c1-18-17-19(28(32)33)14-15-20(18)21-9-7-10-22-23(27(29(34)35)31-26(21)22)11-8-16-36-25-13-6-5-12-24(25)30(2,3)4/h5-7,9-10,12-15,17,31H,8,11,16H2,1-4H3,(H,32,33)(H,34,35). The molecule has 0 fully saturated rings. The minimum atomic E-state index is -1.01. The van der Waals surface area contributed by atoms with Crippen LogP contribution in [0.5, 0.6) is 5.75 Å². The van der Waals surface area contributed by atoms with Crippen molar-refractivity contribution in [3.8, 4) is 16.9 Å². The molecular formula is C30H31NO5. The summed E-state index contributed by atoms with van der Waals surface area (Å²) >= 11 is 0. The molecule has 3 N–H and O–H groups in total. The number of aromatic amines is 1. The highest BCUT2D eigenvalue weighted by atomic mass is 16.5. The SMILES string of the molecule is Cc1cc(C(=O)O)ccc1-c1cccc2c(CCCOc3ccccc3C(C)(C)C)c(C(=O)O)[nH]c12. The van der Waals surface area contributed by atoms with Crippen molar-refractivity contribution in [3.05, 3.63) is 88.6 Å². The van der Waals surface area contributed by atoms with Gasteiger partial charge in [-0.1, -0.05) is 63.2 Å². The van der Waals surface area contributed by atoms with Gasteiger partial charge in [-0.2, -0.15) is 0 Å². The Morgan fingerprint density at radius 3 is 2.33 bits per heavy atom. The van der Waals surface area contributed by atoms with Crippen molar-refractivity contribution < 1.29 is 24.5 Å². The first-order valence-electron chi connectivity index (χ1n) is 12.0. The summed E-state index contributed by atoms with van der Waals surface area (Å²) in [7, 11) is 0. The smallest absolute Gasteiger partial charge is 0.352 e. The van der Waals surface area contributed by atoms with Crippen LogP contribution in [-0.4, -0.2) is 33.7 Å². The second-order valence-electron chi connectivity index (χ2n) is 10.0. The zero-order chi connectivity index (χ0) is 26.0. The number of carboxylic acids is 2. The summed E-state index contributed by atoms with van der Waals surface area (Å²) < 4.78 is 6.11. The quantitative estimate of drug-likeness (QED) is 0.237. The van der Waals surface area contributed by atoms with Crippen molar-refractivity contribution in [2.24, 2.45) is 0 Å². The number of carbonyl (C=O) groups is 2. The molecule has 0 aliphatic carbocycles. The largest absolute Gasteiger partial charge is 0.493 e. The van der Waals surface area contributed by atoms with Crippen molar-refractivity contribution in [2.75, 3.05) is 6.61 Å². The summed E-state index contributed by atoms with van der Waals surface area (Å²) in [6.07, 6.45) is 1.20. The van der Waals surface area contributed by atoms with Crippen LogP contribution in [0.3, 0.4) is 0 Å². The van der Waals surface area contributed by atoms with Gasteiger partial charge >= 0.3 is 11.9 Å². The third-order valence-corrected chi connectivity index (χ3v) is 6.44. The van der Waals surface area contributed by atoms with E-state index in [4.69, 9.17) is 4.74 Å². The van der Waals surface area contributed by atoms with Gasteiger partial charge in [0.05, 0.1) is 17.7 Å². The molecule has 0 atom stereocenters. The number of aromatic nitrogens is 1. The normalized spacial score (nSPS) is 11.6. The number of para-hydroxylation sites is 2. The fourth-order valence-electron chi connectivity index (χ4n) is 4.68. The zero-order valence-corrected chi connectivity index (χ0v) is 21.0. The average Bonchev–Trinajstić information content (AvgIpc) is 3.20. The Bertz CT molecular complexity index is 1440. The maximum absolute atomic E-state index is 12.1. The van der Waals surface area contributed by atoms with E-state index in [0.717, 1.165) is 44.5 Å². The molecule has 0 aliphatic rings. The van der Waals surface area contributed by atoms with E-state index in [0.29, 0.717) is 19.4 Å². The van der Waals surface area contributed by atoms with Crippen LogP contribution < -0.4 is 4.74 Å². The maximum atomic E-state index is 12.1. The first kappa shape index (κ1) is 25.0. The fraction of sp³-hybridized carbons (Fsp3) is 0.267. The van der Waals surface area contributed by atoms with Crippen LogP contribution in [0.25, 0.3) is 22.0 Å². The molecule has 0 unspecified atom stereocenters. The van der Waals surface area contributed by atoms with Gasteiger partial charge < -0.3 is 19.9 Å². The number of ether oxygens (including phenoxy) is 1. The highest BCUT2D eigenvalue weighted by Crippen LogP contribution is 2.35. The summed E-state index contributed by atoms with van der Waals surface area (Å²) in [6, 6.07) is 18.7. The van der Waals surface area contributed by atoms with Gasteiger partial charge in [0, 0.05) is 10.9 Å². The second-order valence-corrected chi connectivity index (χ2v) is 10.0. The van der Waals surface area contributed by atoms with Crippen molar-refractivity contribution >= 4 is 22.8 Å². The lowest BCUT2D eigenvalue weighted by Gasteiger charge is -2.22. The highest BCUT2D eigenvalue weighted by molar-refractivity contribution is 6.03. The molecule has 1 heterocycles. The van der Waals surface area contributed by atoms with Gasteiger partial charge in [-0.3, -0.25) is 0 Å². The Morgan fingerprint density at radius 1 is 0.917 bits per heavy atom. The Hall–Kier alpha value is -4.06. The minimum absolute atomic E-state index is 0.0406. The summed E-state index contributed by atoms with van der Waals surface area (Å²) in [5.74, 6) is -1.14. The van der Waals surface area contributed by atoms with Gasteiger partial charge in [-0.05, 0) is 65.6 Å². The molecule has 0 saturated heterocycles. The van der Waals surface area contributed by atoms with Crippen LogP contribution in [0.2, 0.25) is 0 Å². The molecule has 1 aromatic heterocycles. The Kier molecular flexibility index (Phi) is 6.88. The highest BCUT2D eigenvalue weighted by Gasteiger charge is 2.21. The monoisotopic (exact) mass is 485 g/mol. The van der Waals surface area contributed by atoms with Crippen LogP contribution >= 0.6 is 0 Å². The third kappa shape index (κ3) is 4.98. The molecular weight excluding hydrogens is 454 g/mol. The molecule has 0 radical (unpaired) electrons. The summed E-state index contributed by atoms with van der Waals surface area (Å²) in [6.45, 7) is 8.77. The van der Waals surface area contributed by atoms with Crippen LogP contribution in [0.4, 0.5) is 0 Å². The fourth-order valence-corrected chi connectivity index (χ4v) is 4.68. The molecule has 186 valence electrons. The van der Waals surface area contributed by atoms with Gasteiger partial charge in [0.2, 0.25) is 0 Å². The minimum Gasteiger partial charge on any atom is -0.493 e. The number of fused-ring (bicyclic) bond motifs is 1. The van der Waals surface area contributed by atoms with E-state index < -0.39 is 11.9 Å². The molecule has 0 aliphatic heterocycles.